The Balaban J connectivity index is 1.91. The third-order valence-corrected chi connectivity index (χ3v) is 5.71. The van der Waals surface area contributed by atoms with E-state index in [0.717, 1.165) is 21.3 Å². The summed E-state index contributed by atoms with van der Waals surface area (Å²) < 4.78 is 5.48. The number of rotatable bonds is 4. The van der Waals surface area contributed by atoms with E-state index in [4.69, 9.17) is 4.74 Å². The van der Waals surface area contributed by atoms with Gasteiger partial charge in [-0.2, -0.15) is 0 Å². The van der Waals surface area contributed by atoms with Gasteiger partial charge in [-0.3, -0.25) is 9.69 Å². The molecule has 2 unspecified atom stereocenters. The van der Waals surface area contributed by atoms with Crippen LogP contribution in [0.4, 0.5) is 5.13 Å². The van der Waals surface area contributed by atoms with Gasteiger partial charge in [0.2, 0.25) is 5.91 Å². The van der Waals surface area contributed by atoms with Gasteiger partial charge < -0.3 is 4.74 Å². The highest BCUT2D eigenvalue weighted by atomic mass is 32.2. The highest BCUT2D eigenvalue weighted by Crippen LogP contribution is 2.46. The van der Waals surface area contributed by atoms with Crippen molar-refractivity contribution in [2.75, 3.05) is 11.5 Å². The molecule has 1 amide bonds. The molecule has 3 rings (SSSR count). The fraction of sp³-hybridized carbons (Fsp3) is 0.375. The van der Waals surface area contributed by atoms with Gasteiger partial charge in [-0.15, -0.1) is 23.1 Å². The number of aromatic nitrogens is 1. The Hall–Kier alpha value is -1.53. The zero-order chi connectivity index (χ0) is 15.7. The van der Waals surface area contributed by atoms with Crippen LogP contribution in [0, 0.1) is 6.92 Å². The molecule has 0 aliphatic carbocycles. The van der Waals surface area contributed by atoms with E-state index in [9.17, 15) is 4.79 Å². The third-order valence-electron chi connectivity index (χ3n) is 3.44. The van der Waals surface area contributed by atoms with Crippen LogP contribution in [0.1, 0.15) is 29.7 Å². The van der Waals surface area contributed by atoms with E-state index in [1.54, 1.807) is 23.1 Å². The van der Waals surface area contributed by atoms with E-state index in [1.807, 2.05) is 56.1 Å². The molecule has 0 spiro atoms. The minimum absolute atomic E-state index is 0.0243. The molecule has 0 radical (unpaired) electrons. The quantitative estimate of drug-likeness (QED) is 0.847. The van der Waals surface area contributed by atoms with Crippen LogP contribution in [0.2, 0.25) is 0 Å². The number of carbonyl (C=O) groups is 1. The SMILES string of the molecule is CCOc1ccc(C2SC(C)C(=O)N2c2ncc(C)s2)cc1. The first-order valence-corrected chi connectivity index (χ1v) is 8.99. The molecule has 1 aliphatic heterocycles. The molecule has 2 heterocycles. The summed E-state index contributed by atoms with van der Waals surface area (Å²) in [6.45, 7) is 6.57. The molecule has 6 heteroatoms. The van der Waals surface area contributed by atoms with Crippen molar-refractivity contribution in [3.8, 4) is 5.75 Å². The molecule has 22 heavy (non-hydrogen) atoms. The van der Waals surface area contributed by atoms with Crippen LogP contribution in [-0.4, -0.2) is 22.7 Å². The molecular weight excluding hydrogens is 316 g/mol. The summed E-state index contributed by atoms with van der Waals surface area (Å²) in [6, 6.07) is 7.97. The molecule has 2 atom stereocenters. The fourth-order valence-electron chi connectivity index (χ4n) is 2.40. The van der Waals surface area contributed by atoms with Crippen molar-refractivity contribution in [3.63, 3.8) is 0 Å². The summed E-state index contributed by atoms with van der Waals surface area (Å²) in [7, 11) is 0. The number of aryl methyl sites for hydroxylation is 1. The number of thioether (sulfide) groups is 1. The lowest BCUT2D eigenvalue weighted by molar-refractivity contribution is -0.117. The number of nitrogens with zero attached hydrogens (tertiary/aromatic N) is 2. The number of benzene rings is 1. The average Bonchev–Trinajstić information content (AvgIpc) is 3.05. The largest absolute Gasteiger partial charge is 0.494 e. The second-order valence-electron chi connectivity index (χ2n) is 5.09. The first-order chi connectivity index (χ1) is 10.6. The maximum atomic E-state index is 12.5. The molecule has 2 aromatic rings. The van der Waals surface area contributed by atoms with E-state index in [-0.39, 0.29) is 16.5 Å². The predicted octanol–water partition coefficient (Wildman–Crippen LogP) is 4.02. The van der Waals surface area contributed by atoms with Crippen LogP contribution in [0.15, 0.2) is 30.5 Å². The number of ether oxygens (including phenoxy) is 1. The molecule has 0 saturated carbocycles. The van der Waals surface area contributed by atoms with Gasteiger partial charge in [0.25, 0.3) is 0 Å². The standard InChI is InChI=1S/C16H18N2O2S2/c1-4-20-13-7-5-12(6-8-13)15-18(14(19)11(3)22-15)16-17-9-10(2)21-16/h5-9,11,15H,4H2,1-3H3. The first-order valence-electron chi connectivity index (χ1n) is 7.24. The van der Waals surface area contributed by atoms with Crippen LogP contribution in [0.3, 0.4) is 0 Å². The number of amides is 1. The lowest BCUT2D eigenvalue weighted by Crippen LogP contribution is -2.29. The van der Waals surface area contributed by atoms with Crippen molar-refractivity contribution in [2.45, 2.75) is 31.4 Å². The van der Waals surface area contributed by atoms with Crippen molar-refractivity contribution >= 4 is 34.1 Å². The maximum Gasteiger partial charge on any atom is 0.242 e. The van der Waals surface area contributed by atoms with Gasteiger partial charge in [-0.05, 0) is 38.5 Å². The van der Waals surface area contributed by atoms with Gasteiger partial charge in [0.1, 0.15) is 11.1 Å². The number of hydrogen-bond donors (Lipinski definition) is 0. The Labute approximate surface area is 138 Å². The van der Waals surface area contributed by atoms with Crippen molar-refractivity contribution in [1.82, 2.24) is 4.98 Å². The normalized spacial score (nSPS) is 21.4. The Morgan fingerprint density at radius 3 is 2.64 bits per heavy atom. The topological polar surface area (TPSA) is 42.4 Å². The summed E-state index contributed by atoms with van der Waals surface area (Å²) in [6.07, 6.45) is 1.82. The van der Waals surface area contributed by atoms with Crippen molar-refractivity contribution in [1.29, 1.82) is 0 Å². The van der Waals surface area contributed by atoms with Crippen LogP contribution in [0.25, 0.3) is 0 Å². The summed E-state index contributed by atoms with van der Waals surface area (Å²) in [5.74, 6) is 0.975. The lowest BCUT2D eigenvalue weighted by Gasteiger charge is -2.21. The van der Waals surface area contributed by atoms with Crippen LogP contribution >= 0.6 is 23.1 Å². The van der Waals surface area contributed by atoms with E-state index < -0.39 is 0 Å². The van der Waals surface area contributed by atoms with E-state index in [2.05, 4.69) is 4.98 Å². The average molecular weight is 334 g/mol. The highest BCUT2D eigenvalue weighted by molar-refractivity contribution is 8.01. The van der Waals surface area contributed by atoms with Crippen LogP contribution in [-0.2, 0) is 4.79 Å². The Morgan fingerprint density at radius 1 is 1.32 bits per heavy atom. The monoisotopic (exact) mass is 334 g/mol. The third kappa shape index (κ3) is 2.85. The number of thiazole rings is 1. The second-order valence-corrected chi connectivity index (χ2v) is 7.73. The second kappa shape index (κ2) is 6.30. The Kier molecular flexibility index (Phi) is 4.40. The van der Waals surface area contributed by atoms with Crippen molar-refractivity contribution < 1.29 is 9.53 Å². The molecule has 0 bridgehead atoms. The fourth-order valence-corrected chi connectivity index (χ4v) is 4.51. The molecule has 1 aromatic heterocycles. The van der Waals surface area contributed by atoms with Gasteiger partial charge in [0.15, 0.2) is 5.13 Å². The van der Waals surface area contributed by atoms with Gasteiger partial charge in [0.05, 0.1) is 11.9 Å². The minimum atomic E-state index is -0.0548. The van der Waals surface area contributed by atoms with Gasteiger partial charge in [-0.25, -0.2) is 4.98 Å². The summed E-state index contributed by atoms with van der Waals surface area (Å²) >= 11 is 3.22. The van der Waals surface area contributed by atoms with Crippen molar-refractivity contribution in [2.24, 2.45) is 0 Å². The molecule has 1 aliphatic rings. The van der Waals surface area contributed by atoms with Gasteiger partial charge >= 0.3 is 0 Å². The molecule has 0 N–H and O–H groups in total. The van der Waals surface area contributed by atoms with Crippen molar-refractivity contribution in [3.05, 3.63) is 40.9 Å². The molecule has 1 fully saturated rings. The first kappa shape index (κ1) is 15.4. The number of carbonyl (C=O) groups excluding carboxylic acids is 1. The predicted molar refractivity (Wildman–Crippen MR) is 91.7 cm³/mol. The number of hydrogen-bond acceptors (Lipinski definition) is 5. The molecular formula is C16H18N2O2S2. The lowest BCUT2D eigenvalue weighted by atomic mass is 10.2. The van der Waals surface area contributed by atoms with Crippen LogP contribution in [0.5, 0.6) is 5.75 Å². The summed E-state index contributed by atoms with van der Waals surface area (Å²) in [5.41, 5.74) is 1.10. The zero-order valence-corrected chi connectivity index (χ0v) is 14.4. The summed E-state index contributed by atoms with van der Waals surface area (Å²) in [5, 5.41) is 0.697. The molecule has 1 aromatic carbocycles. The van der Waals surface area contributed by atoms with Gasteiger partial charge in [0, 0.05) is 11.1 Å². The zero-order valence-electron chi connectivity index (χ0n) is 12.8. The van der Waals surface area contributed by atoms with E-state index >= 15 is 0 Å². The van der Waals surface area contributed by atoms with Gasteiger partial charge in [-0.1, -0.05) is 12.1 Å². The minimum Gasteiger partial charge on any atom is -0.494 e. The molecule has 116 valence electrons. The van der Waals surface area contributed by atoms with E-state index in [0.29, 0.717) is 6.61 Å². The van der Waals surface area contributed by atoms with E-state index in [1.165, 1.54) is 0 Å². The van der Waals surface area contributed by atoms with Crippen LogP contribution < -0.4 is 9.64 Å². The number of anilines is 1. The molecule has 4 nitrogen and oxygen atoms in total. The Morgan fingerprint density at radius 2 is 2.05 bits per heavy atom. The summed E-state index contributed by atoms with van der Waals surface area (Å²) in [4.78, 5) is 19.8. The maximum absolute atomic E-state index is 12.5. The molecule has 1 saturated heterocycles. The smallest absolute Gasteiger partial charge is 0.242 e. The highest BCUT2D eigenvalue weighted by Gasteiger charge is 2.40. The Bertz CT molecular complexity index is 669.